The molecule has 0 saturated carbocycles. The van der Waals surface area contributed by atoms with E-state index in [2.05, 4.69) is 4.98 Å². The molecule has 7 heteroatoms. The van der Waals surface area contributed by atoms with Crippen LogP contribution in [0.5, 0.6) is 0 Å². The van der Waals surface area contributed by atoms with Crippen LogP contribution in [-0.2, 0) is 11.0 Å². The van der Waals surface area contributed by atoms with Crippen molar-refractivity contribution in [1.82, 2.24) is 4.98 Å². The monoisotopic (exact) mass is 309 g/mol. The van der Waals surface area contributed by atoms with E-state index in [1.165, 1.54) is 18.7 Å². The van der Waals surface area contributed by atoms with Crippen LogP contribution in [0.2, 0.25) is 5.02 Å². The molecule has 0 unspecified atom stereocenters. The first kappa shape index (κ1) is 16.0. The molecule has 1 heterocycles. The number of halogens is 4. The third-order valence-corrected chi connectivity index (χ3v) is 3.21. The maximum absolute atomic E-state index is 12.4. The van der Waals surface area contributed by atoms with Gasteiger partial charge < -0.3 is 0 Å². The SMILES string of the molecule is CC(=O)SCCC=Cc1ncc(C(F)(F)F)cc1Cl. The van der Waals surface area contributed by atoms with Crippen molar-refractivity contribution in [2.24, 2.45) is 0 Å². The van der Waals surface area contributed by atoms with Crippen LogP contribution in [0.25, 0.3) is 6.08 Å². The number of aromatic nitrogens is 1. The number of thioether (sulfide) groups is 1. The van der Waals surface area contributed by atoms with E-state index in [0.717, 1.165) is 12.3 Å². The van der Waals surface area contributed by atoms with E-state index in [1.807, 2.05) is 0 Å². The Kier molecular flexibility index (Phi) is 5.87. The number of carbonyl (C=O) groups is 1. The minimum absolute atomic E-state index is 0.0269. The second-order valence-electron chi connectivity index (χ2n) is 3.62. The summed E-state index contributed by atoms with van der Waals surface area (Å²) < 4.78 is 37.1. The van der Waals surface area contributed by atoms with E-state index in [9.17, 15) is 18.0 Å². The molecule has 0 bridgehead atoms. The number of hydrogen-bond acceptors (Lipinski definition) is 3. The molecule has 1 aromatic rings. The zero-order chi connectivity index (χ0) is 14.5. The number of nitrogens with zero attached hydrogens (tertiary/aromatic N) is 1. The molecule has 0 radical (unpaired) electrons. The first-order valence-corrected chi connectivity index (χ1v) is 6.69. The largest absolute Gasteiger partial charge is 0.417 e. The van der Waals surface area contributed by atoms with Gasteiger partial charge in [-0.05, 0) is 18.6 Å². The Bertz CT molecular complexity index is 488. The van der Waals surface area contributed by atoms with Crippen molar-refractivity contribution < 1.29 is 18.0 Å². The summed E-state index contributed by atoms with van der Waals surface area (Å²) in [5.74, 6) is 0.615. The molecule has 0 aliphatic carbocycles. The molecule has 0 N–H and O–H groups in total. The van der Waals surface area contributed by atoms with Crippen LogP contribution < -0.4 is 0 Å². The molecule has 0 spiro atoms. The lowest BCUT2D eigenvalue weighted by molar-refractivity contribution is -0.137. The van der Waals surface area contributed by atoms with E-state index in [-0.39, 0.29) is 15.8 Å². The summed E-state index contributed by atoms with van der Waals surface area (Å²) in [6.07, 6.45) is 0.177. The molecule has 0 aromatic carbocycles. The van der Waals surface area contributed by atoms with Gasteiger partial charge in [0.05, 0.1) is 16.3 Å². The lowest BCUT2D eigenvalue weighted by Gasteiger charge is -2.07. The molecular weight excluding hydrogens is 299 g/mol. The molecule has 0 fully saturated rings. The Labute approximate surface area is 118 Å². The van der Waals surface area contributed by atoms with Crippen LogP contribution in [0.4, 0.5) is 13.2 Å². The van der Waals surface area contributed by atoms with Crippen LogP contribution >= 0.6 is 23.4 Å². The third-order valence-electron chi connectivity index (χ3n) is 2.06. The topological polar surface area (TPSA) is 30.0 Å². The van der Waals surface area contributed by atoms with Gasteiger partial charge in [0.25, 0.3) is 0 Å². The molecule has 104 valence electrons. The van der Waals surface area contributed by atoms with E-state index >= 15 is 0 Å². The van der Waals surface area contributed by atoms with E-state index in [4.69, 9.17) is 11.6 Å². The average Bonchev–Trinajstić information content (AvgIpc) is 2.28. The maximum atomic E-state index is 12.4. The zero-order valence-electron chi connectivity index (χ0n) is 10.00. The fourth-order valence-corrected chi connectivity index (χ4v) is 1.96. The summed E-state index contributed by atoms with van der Waals surface area (Å²) in [6.45, 7) is 1.47. The number of hydrogen-bond donors (Lipinski definition) is 0. The fraction of sp³-hybridized carbons (Fsp3) is 0.333. The van der Waals surface area contributed by atoms with Gasteiger partial charge in [0.2, 0.25) is 0 Å². The molecule has 1 aromatic heterocycles. The highest BCUT2D eigenvalue weighted by molar-refractivity contribution is 8.13. The highest BCUT2D eigenvalue weighted by atomic mass is 35.5. The number of carbonyl (C=O) groups excluding carboxylic acids is 1. The van der Waals surface area contributed by atoms with Gasteiger partial charge in [-0.2, -0.15) is 13.2 Å². The number of allylic oxidation sites excluding steroid dienone is 1. The Morgan fingerprint density at radius 3 is 2.74 bits per heavy atom. The lowest BCUT2D eigenvalue weighted by atomic mass is 10.2. The quantitative estimate of drug-likeness (QED) is 0.770. The van der Waals surface area contributed by atoms with Crippen LogP contribution in [0, 0.1) is 0 Å². The first-order chi connectivity index (χ1) is 8.80. The highest BCUT2D eigenvalue weighted by Gasteiger charge is 2.31. The average molecular weight is 310 g/mol. The Hall–Kier alpha value is -1.01. The van der Waals surface area contributed by atoms with Gasteiger partial charge in [-0.15, -0.1) is 0 Å². The molecular formula is C12H11ClF3NOS. The third kappa shape index (κ3) is 5.65. The fourth-order valence-electron chi connectivity index (χ4n) is 1.19. The van der Waals surface area contributed by atoms with Gasteiger partial charge in [-0.3, -0.25) is 9.78 Å². The van der Waals surface area contributed by atoms with E-state index < -0.39 is 11.7 Å². The first-order valence-electron chi connectivity index (χ1n) is 5.33. The van der Waals surface area contributed by atoms with Crippen molar-refractivity contribution in [2.45, 2.75) is 19.5 Å². The molecule has 1 rings (SSSR count). The molecule has 0 atom stereocenters. The lowest BCUT2D eigenvalue weighted by Crippen LogP contribution is -2.05. The second-order valence-corrected chi connectivity index (χ2v) is 5.30. The minimum atomic E-state index is -4.45. The number of pyridine rings is 1. The van der Waals surface area contributed by atoms with Crippen molar-refractivity contribution in [2.75, 3.05) is 5.75 Å². The van der Waals surface area contributed by atoms with Gasteiger partial charge in [0.15, 0.2) is 5.12 Å². The van der Waals surface area contributed by atoms with E-state index in [0.29, 0.717) is 12.2 Å². The molecule has 0 aliphatic rings. The van der Waals surface area contributed by atoms with Crippen molar-refractivity contribution in [3.05, 3.63) is 34.6 Å². The van der Waals surface area contributed by atoms with Gasteiger partial charge >= 0.3 is 6.18 Å². The summed E-state index contributed by atoms with van der Waals surface area (Å²) in [7, 11) is 0. The van der Waals surface area contributed by atoms with Crippen molar-refractivity contribution in [3.8, 4) is 0 Å². The van der Waals surface area contributed by atoms with Crippen LogP contribution in [0.1, 0.15) is 24.6 Å². The Morgan fingerprint density at radius 1 is 1.53 bits per heavy atom. The Balaban J connectivity index is 2.65. The zero-order valence-corrected chi connectivity index (χ0v) is 11.6. The summed E-state index contributed by atoms with van der Waals surface area (Å²) in [6, 6.07) is 0.846. The van der Waals surface area contributed by atoms with E-state index in [1.54, 1.807) is 12.2 Å². The standard InChI is InChI=1S/C12H11ClF3NOS/c1-8(18)19-5-3-2-4-11-10(13)6-9(7-17-11)12(14,15)16/h2,4,6-7H,3,5H2,1H3. The minimum Gasteiger partial charge on any atom is -0.288 e. The molecule has 2 nitrogen and oxygen atoms in total. The smallest absolute Gasteiger partial charge is 0.288 e. The highest BCUT2D eigenvalue weighted by Crippen LogP contribution is 2.31. The summed E-state index contributed by atoms with van der Waals surface area (Å²) in [5, 5.41) is -0.0237. The molecule has 0 aliphatic heterocycles. The van der Waals surface area contributed by atoms with Crippen LogP contribution in [-0.4, -0.2) is 15.9 Å². The van der Waals surface area contributed by atoms with Crippen molar-refractivity contribution in [1.29, 1.82) is 0 Å². The van der Waals surface area contributed by atoms with Gasteiger partial charge in [0.1, 0.15) is 0 Å². The number of alkyl halides is 3. The van der Waals surface area contributed by atoms with Gasteiger partial charge in [-0.25, -0.2) is 0 Å². The summed E-state index contributed by atoms with van der Waals surface area (Å²) in [4.78, 5) is 14.3. The van der Waals surface area contributed by atoms with Crippen molar-refractivity contribution in [3.63, 3.8) is 0 Å². The van der Waals surface area contributed by atoms with Crippen LogP contribution in [0.15, 0.2) is 18.3 Å². The van der Waals surface area contributed by atoms with Crippen LogP contribution in [0.3, 0.4) is 0 Å². The molecule has 0 amide bonds. The van der Waals surface area contributed by atoms with Gasteiger partial charge in [0, 0.05) is 18.9 Å². The molecule has 0 saturated heterocycles. The predicted molar refractivity (Wildman–Crippen MR) is 71.0 cm³/mol. The maximum Gasteiger partial charge on any atom is 0.417 e. The van der Waals surface area contributed by atoms with Gasteiger partial charge in [-0.1, -0.05) is 29.4 Å². The molecule has 19 heavy (non-hydrogen) atoms. The van der Waals surface area contributed by atoms with Crippen molar-refractivity contribution >= 4 is 34.6 Å². The number of rotatable bonds is 4. The summed E-state index contributed by atoms with van der Waals surface area (Å²) >= 11 is 6.91. The Morgan fingerprint density at radius 2 is 2.21 bits per heavy atom. The normalized spacial score (nSPS) is 12.1. The summed E-state index contributed by atoms with van der Waals surface area (Å²) in [5.41, 5.74) is -0.593. The predicted octanol–water partition coefficient (Wildman–Crippen LogP) is 4.44. The second kappa shape index (κ2) is 6.96.